The van der Waals surface area contributed by atoms with Crippen LogP contribution >= 0.6 is 15.9 Å². The molecule has 1 atom stereocenters. The Morgan fingerprint density at radius 2 is 2.28 bits per heavy atom. The smallest absolute Gasteiger partial charge is 0.216 e. The summed E-state index contributed by atoms with van der Waals surface area (Å²) in [7, 11) is 3.48. The molecule has 1 unspecified atom stereocenters. The predicted octanol–water partition coefficient (Wildman–Crippen LogP) is 2.34. The van der Waals surface area contributed by atoms with Crippen LogP contribution in [0.15, 0.2) is 33.6 Å². The van der Waals surface area contributed by atoms with Gasteiger partial charge in [-0.25, -0.2) is 9.97 Å². The molecule has 0 radical (unpaired) electrons. The SMILES string of the molecule is CNC(Cc1cc(OC)ncn1)c1ccc(Br)o1. The first kappa shape index (κ1) is 13.0. The molecule has 0 amide bonds. The van der Waals surface area contributed by atoms with Crippen LogP contribution in [0.5, 0.6) is 5.88 Å². The van der Waals surface area contributed by atoms with Crippen LogP contribution in [0.1, 0.15) is 17.5 Å². The molecule has 0 aliphatic heterocycles. The third-order valence-electron chi connectivity index (χ3n) is 2.61. The fourth-order valence-electron chi connectivity index (χ4n) is 1.67. The molecule has 6 heteroatoms. The third kappa shape index (κ3) is 3.08. The average Bonchev–Trinajstić information content (AvgIpc) is 2.82. The Morgan fingerprint density at radius 1 is 1.44 bits per heavy atom. The summed E-state index contributed by atoms with van der Waals surface area (Å²) in [5.74, 6) is 1.43. The van der Waals surface area contributed by atoms with Crippen molar-refractivity contribution in [2.45, 2.75) is 12.5 Å². The number of rotatable bonds is 5. The van der Waals surface area contributed by atoms with Crippen molar-refractivity contribution in [1.29, 1.82) is 0 Å². The lowest BCUT2D eigenvalue weighted by Gasteiger charge is -2.13. The first-order valence-corrected chi connectivity index (χ1v) is 6.29. The van der Waals surface area contributed by atoms with Crippen molar-refractivity contribution in [2.24, 2.45) is 0 Å². The van der Waals surface area contributed by atoms with Crippen molar-refractivity contribution >= 4 is 15.9 Å². The van der Waals surface area contributed by atoms with Gasteiger partial charge < -0.3 is 14.5 Å². The molecule has 0 spiro atoms. The van der Waals surface area contributed by atoms with E-state index in [4.69, 9.17) is 9.15 Å². The van der Waals surface area contributed by atoms with Gasteiger partial charge >= 0.3 is 0 Å². The standard InChI is InChI=1S/C12H14BrN3O2/c1-14-9(10-3-4-11(13)18-10)5-8-6-12(17-2)16-7-15-8/h3-4,6-7,9,14H,5H2,1-2H3. The maximum absolute atomic E-state index is 5.54. The van der Waals surface area contributed by atoms with E-state index in [2.05, 4.69) is 31.2 Å². The number of aromatic nitrogens is 2. The molecule has 18 heavy (non-hydrogen) atoms. The number of hydrogen-bond donors (Lipinski definition) is 1. The zero-order valence-electron chi connectivity index (χ0n) is 10.2. The van der Waals surface area contributed by atoms with Gasteiger partial charge in [0.05, 0.1) is 13.2 Å². The monoisotopic (exact) mass is 311 g/mol. The molecule has 2 aromatic heterocycles. The van der Waals surface area contributed by atoms with E-state index in [1.807, 2.05) is 25.2 Å². The number of furan rings is 1. The minimum Gasteiger partial charge on any atom is -0.481 e. The fourth-order valence-corrected chi connectivity index (χ4v) is 1.99. The van der Waals surface area contributed by atoms with Crippen LogP contribution in [0.2, 0.25) is 0 Å². The van der Waals surface area contributed by atoms with Crippen molar-refractivity contribution in [3.63, 3.8) is 0 Å². The zero-order valence-corrected chi connectivity index (χ0v) is 11.8. The molecule has 0 aromatic carbocycles. The van der Waals surface area contributed by atoms with E-state index < -0.39 is 0 Å². The Kier molecular flexibility index (Phi) is 4.33. The summed E-state index contributed by atoms with van der Waals surface area (Å²) in [4.78, 5) is 8.21. The molecule has 1 N–H and O–H groups in total. The van der Waals surface area contributed by atoms with Gasteiger partial charge in [-0.15, -0.1) is 0 Å². The van der Waals surface area contributed by atoms with E-state index in [0.717, 1.165) is 16.1 Å². The lowest BCUT2D eigenvalue weighted by atomic mass is 10.1. The van der Waals surface area contributed by atoms with Crippen molar-refractivity contribution in [3.8, 4) is 5.88 Å². The first-order valence-electron chi connectivity index (χ1n) is 5.50. The van der Waals surface area contributed by atoms with Gasteiger partial charge in [-0.2, -0.15) is 0 Å². The Hall–Kier alpha value is -1.40. The maximum atomic E-state index is 5.54. The Balaban J connectivity index is 2.14. The van der Waals surface area contributed by atoms with Gasteiger partial charge in [-0.05, 0) is 35.1 Å². The van der Waals surface area contributed by atoms with E-state index in [1.54, 1.807) is 7.11 Å². The van der Waals surface area contributed by atoms with Gasteiger partial charge in [0.25, 0.3) is 0 Å². The Morgan fingerprint density at radius 3 is 2.89 bits per heavy atom. The summed E-state index contributed by atoms with van der Waals surface area (Å²) >= 11 is 3.30. The predicted molar refractivity (Wildman–Crippen MR) is 70.5 cm³/mol. The van der Waals surface area contributed by atoms with Crippen molar-refractivity contribution in [2.75, 3.05) is 14.2 Å². The summed E-state index contributed by atoms with van der Waals surface area (Å²) < 4.78 is 11.3. The lowest BCUT2D eigenvalue weighted by molar-refractivity contribution is 0.392. The van der Waals surface area contributed by atoms with Crippen LogP contribution in [-0.2, 0) is 6.42 Å². The van der Waals surface area contributed by atoms with Gasteiger partial charge in [0, 0.05) is 18.2 Å². The van der Waals surface area contributed by atoms with Crippen molar-refractivity contribution < 1.29 is 9.15 Å². The summed E-state index contributed by atoms with van der Waals surface area (Å²) in [6, 6.07) is 5.70. The number of nitrogens with one attached hydrogen (secondary N) is 1. The van der Waals surface area contributed by atoms with E-state index in [1.165, 1.54) is 6.33 Å². The molecule has 0 aliphatic carbocycles. The van der Waals surface area contributed by atoms with Gasteiger partial charge in [0.2, 0.25) is 5.88 Å². The highest BCUT2D eigenvalue weighted by molar-refractivity contribution is 9.10. The highest BCUT2D eigenvalue weighted by atomic mass is 79.9. The van der Waals surface area contributed by atoms with Crippen LogP contribution in [0.4, 0.5) is 0 Å². The van der Waals surface area contributed by atoms with E-state index in [-0.39, 0.29) is 6.04 Å². The maximum Gasteiger partial charge on any atom is 0.216 e. The number of hydrogen-bond acceptors (Lipinski definition) is 5. The second kappa shape index (κ2) is 5.97. The van der Waals surface area contributed by atoms with E-state index >= 15 is 0 Å². The second-order valence-electron chi connectivity index (χ2n) is 3.74. The number of ether oxygens (including phenoxy) is 1. The van der Waals surface area contributed by atoms with E-state index in [0.29, 0.717) is 12.3 Å². The van der Waals surface area contributed by atoms with Crippen LogP contribution in [0.25, 0.3) is 0 Å². The number of nitrogens with zero attached hydrogens (tertiary/aromatic N) is 2. The molecular weight excluding hydrogens is 298 g/mol. The molecular formula is C12H14BrN3O2. The minimum atomic E-state index is 0.0657. The normalized spacial score (nSPS) is 12.4. The molecule has 96 valence electrons. The fraction of sp³-hybridized carbons (Fsp3) is 0.333. The quantitative estimate of drug-likeness (QED) is 0.918. The Labute approximate surface area is 114 Å². The molecule has 5 nitrogen and oxygen atoms in total. The minimum absolute atomic E-state index is 0.0657. The van der Waals surface area contributed by atoms with Crippen LogP contribution < -0.4 is 10.1 Å². The van der Waals surface area contributed by atoms with E-state index in [9.17, 15) is 0 Å². The highest BCUT2D eigenvalue weighted by Crippen LogP contribution is 2.23. The topological polar surface area (TPSA) is 60.2 Å². The summed E-state index contributed by atoms with van der Waals surface area (Å²) in [5.41, 5.74) is 0.897. The van der Waals surface area contributed by atoms with Crippen LogP contribution in [0, 0.1) is 0 Å². The summed E-state index contributed by atoms with van der Waals surface area (Å²) in [5, 5.41) is 3.20. The number of likely N-dealkylation sites (N-methyl/N-ethyl adjacent to an activating group) is 1. The third-order valence-corrected chi connectivity index (χ3v) is 3.03. The molecule has 0 saturated heterocycles. The highest BCUT2D eigenvalue weighted by Gasteiger charge is 2.15. The first-order chi connectivity index (χ1) is 8.72. The number of halogens is 1. The largest absolute Gasteiger partial charge is 0.481 e. The number of methoxy groups -OCH3 is 1. The van der Waals surface area contributed by atoms with Crippen LogP contribution in [0.3, 0.4) is 0 Å². The van der Waals surface area contributed by atoms with Gasteiger partial charge in [-0.1, -0.05) is 0 Å². The molecule has 2 rings (SSSR count). The summed E-state index contributed by atoms with van der Waals surface area (Å²) in [6.45, 7) is 0. The molecule has 0 aliphatic rings. The van der Waals surface area contributed by atoms with Crippen molar-refractivity contribution in [1.82, 2.24) is 15.3 Å². The van der Waals surface area contributed by atoms with Gasteiger partial charge in [-0.3, -0.25) is 0 Å². The average molecular weight is 312 g/mol. The summed E-state index contributed by atoms with van der Waals surface area (Å²) in [6.07, 6.45) is 2.20. The zero-order chi connectivity index (χ0) is 13.0. The molecule has 0 saturated carbocycles. The molecule has 2 heterocycles. The second-order valence-corrected chi connectivity index (χ2v) is 4.52. The lowest BCUT2D eigenvalue weighted by Crippen LogP contribution is -2.18. The molecule has 0 bridgehead atoms. The van der Waals surface area contributed by atoms with Crippen molar-refractivity contribution in [3.05, 3.63) is 40.7 Å². The molecule has 2 aromatic rings. The van der Waals surface area contributed by atoms with Gasteiger partial charge in [0.15, 0.2) is 4.67 Å². The Bertz CT molecular complexity index is 516. The van der Waals surface area contributed by atoms with Gasteiger partial charge in [0.1, 0.15) is 12.1 Å². The van der Waals surface area contributed by atoms with Crippen LogP contribution in [-0.4, -0.2) is 24.1 Å². The molecule has 0 fully saturated rings.